The van der Waals surface area contributed by atoms with Crippen LogP contribution in [-0.2, 0) is 10.1 Å². The van der Waals surface area contributed by atoms with Gasteiger partial charge in [-0.2, -0.15) is 8.42 Å². The molecule has 4 nitrogen and oxygen atoms in total. The minimum atomic E-state index is -4.13. The fourth-order valence-electron chi connectivity index (χ4n) is 1.67. The molecule has 0 heterocycles. The van der Waals surface area contributed by atoms with Crippen molar-refractivity contribution < 1.29 is 18.1 Å². The zero-order chi connectivity index (χ0) is 10.2. The van der Waals surface area contributed by atoms with Gasteiger partial charge in [-0.1, -0.05) is 18.6 Å². The number of hydrogen-bond donors (Lipinski definition) is 2. The van der Waals surface area contributed by atoms with Crippen molar-refractivity contribution >= 4 is 10.1 Å². The minimum absolute atomic E-state index is 0.213. The molecule has 1 aliphatic carbocycles. The highest BCUT2D eigenvalue weighted by molar-refractivity contribution is 7.86. The Labute approximate surface area is 78.0 Å². The minimum Gasteiger partial charge on any atom is -0.391 e. The normalized spacial score (nSPS) is 35.7. The zero-order valence-electron chi connectivity index (χ0n) is 7.64. The summed E-state index contributed by atoms with van der Waals surface area (Å²) in [7, 11) is -4.13. The van der Waals surface area contributed by atoms with Crippen LogP contribution in [0.1, 0.15) is 20.3 Å². The summed E-state index contributed by atoms with van der Waals surface area (Å²) in [5.41, 5.74) is 0.889. The molecule has 0 aromatic heterocycles. The Morgan fingerprint density at radius 3 is 2.54 bits per heavy atom. The predicted octanol–water partition coefficient (Wildman–Crippen LogP) is 0.590. The molecule has 3 unspecified atom stereocenters. The molecule has 0 bridgehead atoms. The lowest BCUT2D eigenvalue weighted by atomic mass is 9.89. The van der Waals surface area contributed by atoms with Crippen molar-refractivity contribution in [2.24, 2.45) is 5.92 Å². The van der Waals surface area contributed by atoms with Crippen molar-refractivity contribution in [3.63, 3.8) is 0 Å². The molecule has 0 saturated heterocycles. The molecule has 3 atom stereocenters. The SMILES string of the molecule is CC1=CC(C)C(O)C(S(=O)(=O)O)C1. The molecule has 0 saturated carbocycles. The van der Waals surface area contributed by atoms with Gasteiger partial charge in [-0.05, 0) is 13.3 Å². The second kappa shape index (κ2) is 3.40. The van der Waals surface area contributed by atoms with Crippen molar-refractivity contribution in [3.05, 3.63) is 11.6 Å². The van der Waals surface area contributed by atoms with Crippen LogP contribution < -0.4 is 0 Å². The van der Waals surface area contributed by atoms with Crippen LogP contribution in [0.3, 0.4) is 0 Å². The smallest absolute Gasteiger partial charge is 0.270 e. The van der Waals surface area contributed by atoms with Crippen LogP contribution in [-0.4, -0.2) is 29.4 Å². The van der Waals surface area contributed by atoms with Crippen molar-refractivity contribution in [2.75, 3.05) is 0 Å². The summed E-state index contributed by atoms with van der Waals surface area (Å²) in [4.78, 5) is 0. The third-order valence-corrected chi connectivity index (χ3v) is 3.58. The van der Waals surface area contributed by atoms with Gasteiger partial charge in [0.1, 0.15) is 5.25 Å². The Morgan fingerprint density at radius 2 is 2.08 bits per heavy atom. The molecule has 1 aliphatic rings. The van der Waals surface area contributed by atoms with E-state index in [-0.39, 0.29) is 12.3 Å². The van der Waals surface area contributed by atoms with E-state index < -0.39 is 21.5 Å². The van der Waals surface area contributed by atoms with Crippen LogP contribution in [0.25, 0.3) is 0 Å². The molecule has 0 radical (unpaired) electrons. The van der Waals surface area contributed by atoms with Gasteiger partial charge in [-0.25, -0.2) is 0 Å². The van der Waals surface area contributed by atoms with E-state index in [1.54, 1.807) is 13.8 Å². The van der Waals surface area contributed by atoms with Crippen LogP contribution in [0.5, 0.6) is 0 Å². The highest BCUT2D eigenvalue weighted by Crippen LogP contribution is 2.27. The van der Waals surface area contributed by atoms with Crippen LogP contribution in [0.15, 0.2) is 11.6 Å². The quantitative estimate of drug-likeness (QED) is 0.486. The van der Waals surface area contributed by atoms with Crippen molar-refractivity contribution in [2.45, 2.75) is 31.6 Å². The molecule has 13 heavy (non-hydrogen) atoms. The molecule has 0 fully saturated rings. The summed E-state index contributed by atoms with van der Waals surface area (Å²) in [5, 5.41) is 8.44. The maximum absolute atomic E-state index is 10.9. The molecular weight excluding hydrogens is 192 g/mol. The summed E-state index contributed by atoms with van der Waals surface area (Å²) in [6, 6.07) is 0. The van der Waals surface area contributed by atoms with Crippen molar-refractivity contribution in [3.8, 4) is 0 Å². The van der Waals surface area contributed by atoms with E-state index in [1.165, 1.54) is 0 Å². The van der Waals surface area contributed by atoms with E-state index in [1.807, 2.05) is 6.08 Å². The number of aliphatic hydroxyl groups excluding tert-OH is 1. The largest absolute Gasteiger partial charge is 0.391 e. The molecule has 2 N–H and O–H groups in total. The number of rotatable bonds is 1. The average Bonchev–Trinajstić information content (AvgIpc) is 1.94. The van der Waals surface area contributed by atoms with E-state index in [0.717, 1.165) is 5.57 Å². The van der Waals surface area contributed by atoms with E-state index >= 15 is 0 Å². The van der Waals surface area contributed by atoms with Gasteiger partial charge in [-0.3, -0.25) is 4.55 Å². The first-order chi connectivity index (χ1) is 5.82. The topological polar surface area (TPSA) is 74.6 Å². The van der Waals surface area contributed by atoms with E-state index in [4.69, 9.17) is 4.55 Å². The Hall–Kier alpha value is -0.390. The Bertz CT molecular complexity index is 317. The summed E-state index contributed by atoms with van der Waals surface area (Å²) in [6.45, 7) is 3.52. The lowest BCUT2D eigenvalue weighted by Gasteiger charge is -2.28. The Morgan fingerprint density at radius 1 is 1.54 bits per heavy atom. The Balaban J connectivity index is 2.98. The van der Waals surface area contributed by atoms with Gasteiger partial charge >= 0.3 is 0 Å². The summed E-state index contributed by atoms with van der Waals surface area (Å²) in [6.07, 6.45) is 1.04. The monoisotopic (exact) mass is 206 g/mol. The van der Waals surface area contributed by atoms with Gasteiger partial charge in [-0.15, -0.1) is 0 Å². The molecule has 0 amide bonds. The van der Waals surface area contributed by atoms with Gasteiger partial charge in [0, 0.05) is 5.92 Å². The third kappa shape index (κ3) is 2.30. The average molecular weight is 206 g/mol. The van der Waals surface area contributed by atoms with Gasteiger partial charge in [0.05, 0.1) is 6.10 Å². The molecule has 1 rings (SSSR count). The molecule has 0 aromatic carbocycles. The zero-order valence-corrected chi connectivity index (χ0v) is 8.45. The number of hydrogen-bond acceptors (Lipinski definition) is 3. The van der Waals surface area contributed by atoms with Crippen LogP contribution in [0.2, 0.25) is 0 Å². The van der Waals surface area contributed by atoms with Gasteiger partial charge in [0.15, 0.2) is 0 Å². The number of allylic oxidation sites excluding steroid dienone is 1. The first-order valence-electron chi connectivity index (χ1n) is 4.14. The van der Waals surface area contributed by atoms with Gasteiger partial charge < -0.3 is 5.11 Å². The molecule has 0 aliphatic heterocycles. The van der Waals surface area contributed by atoms with Crippen LogP contribution >= 0.6 is 0 Å². The maximum atomic E-state index is 10.9. The lowest BCUT2D eigenvalue weighted by Crippen LogP contribution is -2.40. The van der Waals surface area contributed by atoms with Gasteiger partial charge in [0.2, 0.25) is 0 Å². The maximum Gasteiger partial charge on any atom is 0.270 e. The highest BCUT2D eigenvalue weighted by atomic mass is 32.2. The highest BCUT2D eigenvalue weighted by Gasteiger charge is 2.36. The molecule has 0 spiro atoms. The fraction of sp³-hybridized carbons (Fsp3) is 0.750. The molecule has 5 heteroatoms. The fourth-order valence-corrected chi connectivity index (χ4v) is 2.75. The predicted molar refractivity (Wildman–Crippen MR) is 48.9 cm³/mol. The van der Waals surface area contributed by atoms with Gasteiger partial charge in [0.25, 0.3) is 10.1 Å². The molecular formula is C8H14O4S. The second-order valence-electron chi connectivity index (χ2n) is 3.62. The summed E-state index contributed by atoms with van der Waals surface area (Å²) >= 11 is 0. The number of aliphatic hydroxyl groups is 1. The molecule has 76 valence electrons. The van der Waals surface area contributed by atoms with Crippen molar-refractivity contribution in [1.29, 1.82) is 0 Å². The standard InChI is InChI=1S/C8H14O4S/c1-5-3-6(2)8(9)7(4-5)13(10,11)12/h3,6-9H,4H2,1-2H3,(H,10,11,12). The first kappa shape index (κ1) is 10.7. The molecule has 0 aromatic rings. The van der Waals surface area contributed by atoms with E-state index in [9.17, 15) is 13.5 Å². The first-order valence-corrected chi connectivity index (χ1v) is 5.64. The van der Waals surface area contributed by atoms with E-state index in [0.29, 0.717) is 0 Å². The lowest BCUT2D eigenvalue weighted by molar-refractivity contribution is 0.122. The summed E-state index contributed by atoms with van der Waals surface area (Å²) in [5.74, 6) is -0.222. The summed E-state index contributed by atoms with van der Waals surface area (Å²) < 4.78 is 30.5. The van der Waals surface area contributed by atoms with E-state index in [2.05, 4.69) is 0 Å². The Kier molecular flexibility index (Phi) is 2.79. The van der Waals surface area contributed by atoms with Crippen LogP contribution in [0.4, 0.5) is 0 Å². The second-order valence-corrected chi connectivity index (χ2v) is 5.26. The third-order valence-electron chi connectivity index (χ3n) is 2.37. The van der Waals surface area contributed by atoms with Crippen molar-refractivity contribution in [1.82, 2.24) is 0 Å². The van der Waals surface area contributed by atoms with Crippen LogP contribution in [0, 0.1) is 5.92 Å².